The van der Waals surface area contributed by atoms with Gasteiger partial charge in [0.25, 0.3) is 5.56 Å². The molecule has 4 rings (SSSR count). The highest BCUT2D eigenvalue weighted by atomic mass is 16.1. The molecule has 2 fully saturated rings. The smallest absolute Gasteiger partial charge is 0.266 e. The molecule has 0 unspecified atom stereocenters. The maximum atomic E-state index is 13.2. The van der Waals surface area contributed by atoms with E-state index in [2.05, 4.69) is 21.8 Å². The van der Waals surface area contributed by atoms with E-state index in [0.717, 1.165) is 31.8 Å². The molecule has 8 nitrogen and oxygen atoms in total. The van der Waals surface area contributed by atoms with E-state index in [1.165, 1.54) is 23.8 Å². The molecule has 2 aliphatic rings. The van der Waals surface area contributed by atoms with Gasteiger partial charge in [-0.2, -0.15) is 4.98 Å². The number of nitrogens with zero attached hydrogens (tertiary/aromatic N) is 4. The quantitative estimate of drug-likeness (QED) is 0.668. The fourth-order valence-electron chi connectivity index (χ4n) is 5.24. The van der Waals surface area contributed by atoms with Gasteiger partial charge >= 0.3 is 0 Å². The summed E-state index contributed by atoms with van der Waals surface area (Å²) in [4.78, 5) is 24.1. The Bertz CT molecular complexity index is 1050. The van der Waals surface area contributed by atoms with Crippen LogP contribution >= 0.6 is 0 Å². The van der Waals surface area contributed by atoms with E-state index in [1.54, 1.807) is 26.1 Å². The zero-order chi connectivity index (χ0) is 21.6. The van der Waals surface area contributed by atoms with Gasteiger partial charge in [-0.15, -0.1) is 0 Å². The molecule has 0 bridgehead atoms. The van der Waals surface area contributed by atoms with Crippen molar-refractivity contribution in [3.05, 3.63) is 39.3 Å². The van der Waals surface area contributed by atoms with Gasteiger partial charge in [0.15, 0.2) is 0 Å². The van der Waals surface area contributed by atoms with Crippen molar-refractivity contribution in [2.24, 2.45) is 18.4 Å². The average molecular weight is 410 g/mol. The van der Waals surface area contributed by atoms with Crippen molar-refractivity contribution in [2.75, 3.05) is 29.5 Å². The summed E-state index contributed by atoms with van der Waals surface area (Å²) in [6.07, 6.45) is 6.18. The molecule has 160 valence electrons. The zero-order valence-electron chi connectivity index (χ0n) is 18.0. The first-order valence-corrected chi connectivity index (χ1v) is 10.6. The zero-order valence-corrected chi connectivity index (χ0v) is 18.0. The van der Waals surface area contributed by atoms with E-state index in [0.29, 0.717) is 28.4 Å². The van der Waals surface area contributed by atoms with E-state index < -0.39 is 0 Å². The lowest BCUT2D eigenvalue weighted by atomic mass is 9.76. The number of rotatable bonds is 3. The lowest BCUT2D eigenvalue weighted by molar-refractivity contribution is 0.217. The van der Waals surface area contributed by atoms with E-state index in [1.807, 2.05) is 0 Å². The number of aromatic nitrogens is 3. The first kappa shape index (κ1) is 20.4. The third kappa shape index (κ3) is 3.44. The van der Waals surface area contributed by atoms with Gasteiger partial charge in [0.2, 0.25) is 5.95 Å². The molecule has 1 spiro atoms. The molecule has 0 aromatic carbocycles. The lowest BCUT2D eigenvalue weighted by Crippen LogP contribution is -2.42. The molecule has 5 N–H and O–H groups in total. The number of hydrogen-bond acceptors (Lipinski definition) is 7. The van der Waals surface area contributed by atoms with Gasteiger partial charge in [-0.25, -0.2) is 4.98 Å². The summed E-state index contributed by atoms with van der Waals surface area (Å²) >= 11 is 0. The molecule has 0 radical (unpaired) electrons. The SMILES string of the molecule is Cc1nc(N)ccc1C(=N)c1c(N)nc(N2CCC3(CC[C@H](C)C3)CC2)n(C)c1=O. The van der Waals surface area contributed by atoms with Crippen molar-refractivity contribution < 1.29 is 0 Å². The largest absolute Gasteiger partial charge is 0.384 e. The van der Waals surface area contributed by atoms with Crippen molar-refractivity contribution in [1.29, 1.82) is 5.41 Å². The highest BCUT2D eigenvalue weighted by Crippen LogP contribution is 2.48. The maximum absolute atomic E-state index is 13.2. The molecule has 1 atom stereocenters. The van der Waals surface area contributed by atoms with Crippen LogP contribution < -0.4 is 21.9 Å². The highest BCUT2D eigenvalue weighted by molar-refractivity contribution is 6.13. The van der Waals surface area contributed by atoms with Crippen molar-refractivity contribution in [1.82, 2.24) is 14.5 Å². The van der Waals surface area contributed by atoms with Gasteiger partial charge in [0.05, 0.1) is 5.71 Å². The van der Waals surface area contributed by atoms with Gasteiger partial charge in [0, 0.05) is 31.4 Å². The minimum Gasteiger partial charge on any atom is -0.384 e. The molecule has 2 aromatic heterocycles. The fourth-order valence-corrected chi connectivity index (χ4v) is 5.24. The second-order valence-electron chi connectivity index (χ2n) is 9.12. The van der Waals surface area contributed by atoms with Gasteiger partial charge in [-0.05, 0) is 56.1 Å². The Kier molecular flexibility index (Phi) is 5.03. The first-order chi connectivity index (χ1) is 14.2. The summed E-state index contributed by atoms with van der Waals surface area (Å²) in [5, 5.41) is 8.58. The summed E-state index contributed by atoms with van der Waals surface area (Å²) in [6.45, 7) is 5.86. The number of pyridine rings is 1. The molecular formula is C22H31N7O. The average Bonchev–Trinajstić information content (AvgIpc) is 3.05. The molecule has 8 heteroatoms. The number of piperidine rings is 1. The summed E-state index contributed by atoms with van der Waals surface area (Å²) in [5.41, 5.74) is 13.3. The number of nitrogens with one attached hydrogen (secondary N) is 1. The van der Waals surface area contributed by atoms with Gasteiger partial charge < -0.3 is 16.4 Å². The third-order valence-electron chi connectivity index (χ3n) is 6.98. The van der Waals surface area contributed by atoms with Crippen LogP contribution in [-0.4, -0.2) is 33.3 Å². The van der Waals surface area contributed by atoms with Crippen LogP contribution in [0.15, 0.2) is 16.9 Å². The molecular weight excluding hydrogens is 378 g/mol. The Morgan fingerprint density at radius 1 is 1.20 bits per heavy atom. The Hall–Kier alpha value is -2.90. The number of anilines is 3. The van der Waals surface area contributed by atoms with Crippen LogP contribution in [0.4, 0.5) is 17.6 Å². The standard InChI is InChI=1S/C22H31N7O/c1-13-6-7-22(12-13)8-10-29(11-9-22)21-27-19(25)17(20(30)28(21)3)18(24)15-4-5-16(23)26-14(15)2/h4-5,13,24H,6-12,25H2,1-3H3,(H2,23,26)/t13-/m0/s1. The fraction of sp³-hybridized carbons (Fsp3) is 0.545. The van der Waals surface area contributed by atoms with Crippen molar-refractivity contribution >= 4 is 23.3 Å². The summed E-state index contributed by atoms with van der Waals surface area (Å²) in [7, 11) is 1.71. The monoisotopic (exact) mass is 409 g/mol. The van der Waals surface area contributed by atoms with E-state index in [-0.39, 0.29) is 22.7 Å². The number of nitrogen functional groups attached to an aromatic ring is 2. The summed E-state index contributed by atoms with van der Waals surface area (Å²) < 4.78 is 1.52. The number of hydrogen-bond donors (Lipinski definition) is 3. The van der Waals surface area contributed by atoms with Crippen molar-refractivity contribution in [3.8, 4) is 0 Å². The van der Waals surface area contributed by atoms with Crippen LogP contribution in [0.3, 0.4) is 0 Å². The molecule has 1 aliphatic carbocycles. The van der Waals surface area contributed by atoms with Crippen LogP contribution in [0, 0.1) is 23.7 Å². The van der Waals surface area contributed by atoms with Crippen molar-refractivity contribution in [2.45, 2.75) is 46.0 Å². The van der Waals surface area contributed by atoms with E-state index >= 15 is 0 Å². The number of aryl methyl sites for hydroxylation is 1. The Balaban J connectivity index is 1.62. The minimum atomic E-state index is -0.312. The first-order valence-electron chi connectivity index (χ1n) is 10.6. The highest BCUT2D eigenvalue weighted by Gasteiger charge is 2.40. The molecule has 1 aliphatic heterocycles. The predicted molar refractivity (Wildman–Crippen MR) is 120 cm³/mol. The Morgan fingerprint density at radius 2 is 1.90 bits per heavy atom. The second kappa shape index (κ2) is 7.41. The topological polar surface area (TPSA) is 127 Å². The van der Waals surface area contributed by atoms with E-state index in [4.69, 9.17) is 16.9 Å². The predicted octanol–water partition coefficient (Wildman–Crippen LogP) is 2.47. The molecule has 3 heterocycles. The van der Waals surface area contributed by atoms with Gasteiger partial charge in [-0.3, -0.25) is 14.8 Å². The maximum Gasteiger partial charge on any atom is 0.266 e. The Labute approximate surface area is 176 Å². The minimum absolute atomic E-state index is 0.0229. The van der Waals surface area contributed by atoms with E-state index in [9.17, 15) is 4.79 Å². The molecule has 2 aromatic rings. The normalized spacial score (nSPS) is 20.6. The summed E-state index contributed by atoms with van der Waals surface area (Å²) in [5.74, 6) is 1.86. The Morgan fingerprint density at radius 3 is 2.50 bits per heavy atom. The van der Waals surface area contributed by atoms with Crippen LogP contribution in [-0.2, 0) is 7.05 Å². The van der Waals surface area contributed by atoms with Crippen LogP contribution in [0.1, 0.15) is 55.8 Å². The number of nitrogens with two attached hydrogens (primary N) is 2. The van der Waals surface area contributed by atoms with Crippen molar-refractivity contribution in [3.63, 3.8) is 0 Å². The molecule has 1 saturated heterocycles. The van der Waals surface area contributed by atoms with Gasteiger partial charge in [0.1, 0.15) is 17.2 Å². The van der Waals surface area contributed by atoms with Crippen LogP contribution in [0.5, 0.6) is 0 Å². The third-order valence-corrected chi connectivity index (χ3v) is 6.98. The molecule has 1 saturated carbocycles. The van der Waals surface area contributed by atoms with Crippen LogP contribution in [0.2, 0.25) is 0 Å². The summed E-state index contributed by atoms with van der Waals surface area (Å²) in [6, 6.07) is 3.31. The second-order valence-corrected chi connectivity index (χ2v) is 9.12. The van der Waals surface area contributed by atoms with Crippen LogP contribution in [0.25, 0.3) is 0 Å². The molecule has 30 heavy (non-hydrogen) atoms. The lowest BCUT2D eigenvalue weighted by Gasteiger charge is -2.40. The molecule has 0 amide bonds. The van der Waals surface area contributed by atoms with Gasteiger partial charge in [-0.1, -0.05) is 13.3 Å².